The average molecular weight is 212 g/mol. The maximum atomic E-state index is 9.08. The minimum absolute atomic E-state index is 0.0328. The SMILES string of the molecule is CC(C)c1nccc(OCC(O)CO)n1. The lowest BCUT2D eigenvalue weighted by molar-refractivity contribution is 0.0519. The van der Waals surface area contributed by atoms with Crippen LogP contribution < -0.4 is 4.74 Å². The zero-order valence-corrected chi connectivity index (χ0v) is 8.92. The van der Waals surface area contributed by atoms with Gasteiger partial charge in [0.25, 0.3) is 0 Å². The predicted molar refractivity (Wildman–Crippen MR) is 54.7 cm³/mol. The molecule has 1 atom stereocenters. The Bertz CT molecular complexity index is 304. The van der Waals surface area contributed by atoms with Crippen LogP contribution in [0.15, 0.2) is 12.3 Å². The van der Waals surface area contributed by atoms with E-state index in [1.165, 1.54) is 0 Å². The number of aliphatic hydroxyl groups is 2. The van der Waals surface area contributed by atoms with Gasteiger partial charge in [-0.3, -0.25) is 0 Å². The van der Waals surface area contributed by atoms with Crippen molar-refractivity contribution in [1.82, 2.24) is 9.97 Å². The highest BCUT2D eigenvalue weighted by Gasteiger charge is 2.06. The van der Waals surface area contributed by atoms with Gasteiger partial charge in [0.2, 0.25) is 5.88 Å². The third-order valence-electron chi connectivity index (χ3n) is 1.80. The van der Waals surface area contributed by atoms with Gasteiger partial charge in [0.1, 0.15) is 18.5 Å². The van der Waals surface area contributed by atoms with Crippen molar-refractivity contribution < 1.29 is 14.9 Å². The molecule has 5 heteroatoms. The highest BCUT2D eigenvalue weighted by molar-refractivity contribution is 5.10. The van der Waals surface area contributed by atoms with Crippen molar-refractivity contribution in [3.8, 4) is 5.88 Å². The minimum Gasteiger partial charge on any atom is -0.475 e. The van der Waals surface area contributed by atoms with Gasteiger partial charge in [-0.15, -0.1) is 0 Å². The van der Waals surface area contributed by atoms with Crippen molar-refractivity contribution in [2.24, 2.45) is 0 Å². The molecule has 2 N–H and O–H groups in total. The molecule has 0 aromatic carbocycles. The Morgan fingerprint density at radius 2 is 2.20 bits per heavy atom. The lowest BCUT2D eigenvalue weighted by Gasteiger charge is -2.10. The molecular formula is C10H16N2O3. The average Bonchev–Trinajstić information content (AvgIpc) is 2.26. The van der Waals surface area contributed by atoms with E-state index >= 15 is 0 Å². The van der Waals surface area contributed by atoms with E-state index in [1.807, 2.05) is 13.8 Å². The zero-order valence-electron chi connectivity index (χ0n) is 8.92. The summed E-state index contributed by atoms with van der Waals surface area (Å²) in [5.74, 6) is 1.35. The second-order valence-corrected chi connectivity index (χ2v) is 3.56. The summed E-state index contributed by atoms with van der Waals surface area (Å²) in [5.41, 5.74) is 0. The van der Waals surface area contributed by atoms with Crippen molar-refractivity contribution in [2.75, 3.05) is 13.2 Å². The molecule has 0 aliphatic carbocycles. The van der Waals surface area contributed by atoms with E-state index in [9.17, 15) is 0 Å². The van der Waals surface area contributed by atoms with Crippen LogP contribution in [-0.2, 0) is 0 Å². The van der Waals surface area contributed by atoms with Crippen LogP contribution in [0.5, 0.6) is 5.88 Å². The predicted octanol–water partition coefficient (Wildman–Crippen LogP) is 0.332. The first-order chi connectivity index (χ1) is 7.13. The van der Waals surface area contributed by atoms with E-state index in [4.69, 9.17) is 14.9 Å². The molecule has 0 radical (unpaired) electrons. The van der Waals surface area contributed by atoms with Crippen molar-refractivity contribution in [3.63, 3.8) is 0 Å². The van der Waals surface area contributed by atoms with Crippen molar-refractivity contribution in [1.29, 1.82) is 0 Å². The van der Waals surface area contributed by atoms with Crippen LogP contribution >= 0.6 is 0 Å². The van der Waals surface area contributed by atoms with Gasteiger partial charge < -0.3 is 14.9 Å². The molecule has 1 unspecified atom stereocenters. The molecule has 0 saturated carbocycles. The fourth-order valence-electron chi connectivity index (χ4n) is 0.949. The highest BCUT2D eigenvalue weighted by atomic mass is 16.5. The molecule has 0 saturated heterocycles. The summed E-state index contributed by atoms with van der Waals surface area (Å²) in [6, 6.07) is 1.62. The van der Waals surface area contributed by atoms with Gasteiger partial charge in [0, 0.05) is 18.2 Å². The normalized spacial score (nSPS) is 12.9. The molecule has 1 aromatic heterocycles. The summed E-state index contributed by atoms with van der Waals surface area (Å²) in [7, 11) is 0. The van der Waals surface area contributed by atoms with Gasteiger partial charge >= 0.3 is 0 Å². The lowest BCUT2D eigenvalue weighted by atomic mass is 10.2. The summed E-state index contributed by atoms with van der Waals surface area (Å²) in [5, 5.41) is 17.7. The number of hydrogen-bond acceptors (Lipinski definition) is 5. The molecule has 0 aliphatic rings. The molecule has 84 valence electrons. The fourth-order valence-corrected chi connectivity index (χ4v) is 0.949. The monoisotopic (exact) mass is 212 g/mol. The largest absolute Gasteiger partial charge is 0.475 e. The van der Waals surface area contributed by atoms with Crippen molar-refractivity contribution in [2.45, 2.75) is 25.9 Å². The van der Waals surface area contributed by atoms with Crippen LogP contribution in [0.2, 0.25) is 0 Å². The van der Waals surface area contributed by atoms with Crippen LogP contribution in [0.4, 0.5) is 0 Å². The fraction of sp³-hybridized carbons (Fsp3) is 0.600. The molecule has 0 aliphatic heterocycles. The maximum Gasteiger partial charge on any atom is 0.216 e. The number of hydrogen-bond donors (Lipinski definition) is 2. The Kier molecular flexibility index (Phi) is 4.45. The second-order valence-electron chi connectivity index (χ2n) is 3.56. The highest BCUT2D eigenvalue weighted by Crippen LogP contribution is 2.12. The summed E-state index contributed by atoms with van der Waals surface area (Å²) in [6.07, 6.45) is 0.741. The molecular weight excluding hydrogens is 196 g/mol. The first-order valence-corrected chi connectivity index (χ1v) is 4.88. The minimum atomic E-state index is -0.873. The van der Waals surface area contributed by atoms with Gasteiger partial charge in [0.15, 0.2) is 0 Å². The first kappa shape index (κ1) is 11.9. The number of nitrogens with zero attached hydrogens (tertiary/aromatic N) is 2. The van der Waals surface area contributed by atoms with Crippen LogP contribution in [0.25, 0.3) is 0 Å². The molecule has 15 heavy (non-hydrogen) atoms. The van der Waals surface area contributed by atoms with Crippen LogP contribution in [0.3, 0.4) is 0 Å². The molecule has 0 bridgehead atoms. The van der Waals surface area contributed by atoms with E-state index in [0.29, 0.717) is 11.7 Å². The van der Waals surface area contributed by atoms with E-state index in [-0.39, 0.29) is 19.1 Å². The number of ether oxygens (including phenoxy) is 1. The molecule has 1 rings (SSSR count). The third-order valence-corrected chi connectivity index (χ3v) is 1.80. The lowest BCUT2D eigenvalue weighted by Crippen LogP contribution is -2.21. The van der Waals surface area contributed by atoms with Gasteiger partial charge in [-0.1, -0.05) is 13.8 Å². The van der Waals surface area contributed by atoms with Crippen molar-refractivity contribution in [3.05, 3.63) is 18.1 Å². The van der Waals surface area contributed by atoms with E-state index in [0.717, 1.165) is 0 Å². The molecule has 0 amide bonds. The molecule has 0 spiro atoms. The topological polar surface area (TPSA) is 75.5 Å². The van der Waals surface area contributed by atoms with Gasteiger partial charge in [-0.05, 0) is 0 Å². The van der Waals surface area contributed by atoms with Crippen LogP contribution in [0, 0.1) is 0 Å². The standard InChI is InChI=1S/C10H16N2O3/c1-7(2)10-11-4-3-9(12-10)15-6-8(14)5-13/h3-4,7-8,13-14H,5-6H2,1-2H3. The molecule has 1 aromatic rings. The quantitative estimate of drug-likeness (QED) is 0.735. The summed E-state index contributed by atoms with van der Waals surface area (Å²) in [6.45, 7) is 3.69. The summed E-state index contributed by atoms with van der Waals surface area (Å²) >= 11 is 0. The summed E-state index contributed by atoms with van der Waals surface area (Å²) < 4.78 is 5.19. The molecule has 0 fully saturated rings. The number of aromatic nitrogens is 2. The van der Waals surface area contributed by atoms with E-state index in [2.05, 4.69) is 9.97 Å². The Morgan fingerprint density at radius 3 is 2.80 bits per heavy atom. The second kappa shape index (κ2) is 5.63. The number of aliphatic hydroxyl groups excluding tert-OH is 2. The first-order valence-electron chi connectivity index (χ1n) is 4.88. The Hall–Kier alpha value is -1.20. The van der Waals surface area contributed by atoms with Gasteiger partial charge in [0.05, 0.1) is 6.61 Å². The van der Waals surface area contributed by atoms with E-state index in [1.54, 1.807) is 12.3 Å². The number of rotatable bonds is 5. The van der Waals surface area contributed by atoms with Crippen molar-refractivity contribution >= 4 is 0 Å². The van der Waals surface area contributed by atoms with Crippen LogP contribution in [0.1, 0.15) is 25.6 Å². The van der Waals surface area contributed by atoms with Gasteiger partial charge in [-0.2, -0.15) is 4.98 Å². The molecule has 1 heterocycles. The molecule has 5 nitrogen and oxygen atoms in total. The van der Waals surface area contributed by atoms with Gasteiger partial charge in [-0.25, -0.2) is 4.98 Å². The third kappa shape index (κ3) is 3.81. The Balaban J connectivity index is 2.58. The Labute approximate surface area is 88.8 Å². The maximum absolute atomic E-state index is 9.08. The van der Waals surface area contributed by atoms with Crippen LogP contribution in [-0.4, -0.2) is 39.5 Å². The van der Waals surface area contributed by atoms with E-state index < -0.39 is 6.10 Å². The zero-order chi connectivity index (χ0) is 11.3. The smallest absolute Gasteiger partial charge is 0.216 e. The summed E-state index contributed by atoms with van der Waals surface area (Å²) in [4.78, 5) is 8.24. The Morgan fingerprint density at radius 1 is 1.47 bits per heavy atom.